The van der Waals surface area contributed by atoms with Gasteiger partial charge in [0.15, 0.2) is 5.65 Å². The molecular weight excluding hydrogens is 450 g/mol. The fourth-order valence-electron chi connectivity index (χ4n) is 4.75. The van der Waals surface area contributed by atoms with E-state index in [4.69, 9.17) is 14.8 Å². The van der Waals surface area contributed by atoms with Crippen LogP contribution in [0.1, 0.15) is 36.6 Å². The number of carbonyl (C=O) groups excluding carboxylic acids is 1. The van der Waals surface area contributed by atoms with Crippen LogP contribution < -0.4 is 15.0 Å². The van der Waals surface area contributed by atoms with E-state index in [1.54, 1.807) is 0 Å². The van der Waals surface area contributed by atoms with Crippen LogP contribution in [-0.4, -0.2) is 40.2 Å². The van der Waals surface area contributed by atoms with Crippen LogP contribution in [0.5, 0.6) is 5.75 Å². The second-order valence-corrected chi connectivity index (χ2v) is 9.48. The highest BCUT2D eigenvalue weighted by Crippen LogP contribution is 2.27. The number of carbonyl (C=O) groups is 1. The average Bonchev–Trinajstić information content (AvgIpc) is 3.32. The first-order chi connectivity index (χ1) is 17.5. The van der Waals surface area contributed by atoms with E-state index in [0.29, 0.717) is 13.2 Å². The lowest BCUT2D eigenvalue weighted by Crippen LogP contribution is -2.41. The van der Waals surface area contributed by atoms with E-state index in [1.807, 2.05) is 48.7 Å². The lowest BCUT2D eigenvalue weighted by Gasteiger charge is -2.33. The molecule has 0 radical (unpaired) electrons. The van der Waals surface area contributed by atoms with Crippen LogP contribution in [0.25, 0.3) is 16.9 Å². The normalized spacial score (nSPS) is 14.2. The molecule has 4 aromatic rings. The Balaban J connectivity index is 1.23. The predicted octanol–water partition coefficient (Wildman–Crippen LogP) is 4.94. The molecule has 1 saturated heterocycles. The average molecular weight is 484 g/mol. The van der Waals surface area contributed by atoms with Gasteiger partial charge in [-0.2, -0.15) is 9.61 Å². The van der Waals surface area contributed by atoms with Crippen molar-refractivity contribution < 1.29 is 9.53 Å². The number of anilines is 1. The topological polar surface area (TPSA) is 71.8 Å². The van der Waals surface area contributed by atoms with E-state index < -0.39 is 0 Å². The minimum atomic E-state index is 0.0168. The first-order valence-electron chi connectivity index (χ1n) is 12.7. The number of nitrogens with zero attached hydrogens (tertiary/aromatic N) is 4. The zero-order valence-electron chi connectivity index (χ0n) is 21.2. The Kier molecular flexibility index (Phi) is 6.89. The van der Waals surface area contributed by atoms with Crippen molar-refractivity contribution in [1.29, 1.82) is 0 Å². The van der Waals surface area contributed by atoms with Crippen molar-refractivity contribution >= 4 is 17.4 Å². The van der Waals surface area contributed by atoms with Gasteiger partial charge >= 0.3 is 0 Å². The molecule has 1 N–H and O–H groups in total. The van der Waals surface area contributed by atoms with Crippen LogP contribution in [-0.2, 0) is 11.3 Å². The lowest BCUT2D eigenvalue weighted by atomic mass is 9.95. The molecule has 3 heterocycles. The molecule has 5 rings (SSSR count). The maximum atomic E-state index is 12.9. The molecular formula is C29H33N5O2. The molecule has 0 saturated carbocycles. The van der Waals surface area contributed by atoms with Gasteiger partial charge < -0.3 is 15.0 Å². The van der Waals surface area contributed by atoms with Gasteiger partial charge in [-0.05, 0) is 51.3 Å². The predicted molar refractivity (Wildman–Crippen MR) is 142 cm³/mol. The summed E-state index contributed by atoms with van der Waals surface area (Å²) in [5.74, 6) is 2.02. The van der Waals surface area contributed by atoms with Gasteiger partial charge in [0.1, 0.15) is 11.6 Å². The molecule has 0 unspecified atom stereocenters. The highest BCUT2D eigenvalue weighted by Gasteiger charge is 2.26. The number of fused-ring (bicyclic) bond motifs is 1. The quantitative estimate of drug-likeness (QED) is 0.403. The summed E-state index contributed by atoms with van der Waals surface area (Å²) >= 11 is 0. The minimum Gasteiger partial charge on any atom is -0.494 e. The first-order valence-corrected chi connectivity index (χ1v) is 12.7. The van der Waals surface area contributed by atoms with Gasteiger partial charge in [-0.25, -0.2) is 4.98 Å². The molecule has 1 fully saturated rings. The molecule has 7 heteroatoms. The summed E-state index contributed by atoms with van der Waals surface area (Å²) in [5.41, 5.74) is 6.10. The summed E-state index contributed by atoms with van der Waals surface area (Å²) in [6.45, 7) is 8.86. The van der Waals surface area contributed by atoms with Gasteiger partial charge in [0.25, 0.3) is 0 Å². The van der Waals surface area contributed by atoms with Crippen LogP contribution in [0.3, 0.4) is 0 Å². The van der Waals surface area contributed by atoms with Crippen molar-refractivity contribution in [1.82, 2.24) is 19.9 Å². The van der Waals surface area contributed by atoms with E-state index in [0.717, 1.165) is 65.7 Å². The number of piperidine rings is 1. The molecule has 7 nitrogen and oxygen atoms in total. The summed E-state index contributed by atoms with van der Waals surface area (Å²) in [4.78, 5) is 19.9. The van der Waals surface area contributed by atoms with Crippen molar-refractivity contribution in [2.24, 2.45) is 5.92 Å². The van der Waals surface area contributed by atoms with Crippen LogP contribution >= 0.6 is 0 Å². The van der Waals surface area contributed by atoms with E-state index in [-0.39, 0.29) is 11.8 Å². The summed E-state index contributed by atoms with van der Waals surface area (Å²) in [7, 11) is 0. The van der Waals surface area contributed by atoms with Crippen molar-refractivity contribution in [2.45, 2.75) is 40.2 Å². The number of hydrogen-bond acceptors (Lipinski definition) is 5. The zero-order chi connectivity index (χ0) is 25.1. The van der Waals surface area contributed by atoms with Gasteiger partial charge in [-0.1, -0.05) is 42.0 Å². The van der Waals surface area contributed by atoms with Gasteiger partial charge in [0, 0.05) is 48.9 Å². The van der Waals surface area contributed by atoms with Gasteiger partial charge in [-0.3, -0.25) is 4.79 Å². The first kappa shape index (κ1) is 23.9. The number of nitrogens with one attached hydrogen (secondary N) is 1. The number of aryl methyl sites for hydroxylation is 2. The van der Waals surface area contributed by atoms with E-state index in [1.165, 1.54) is 5.56 Å². The van der Waals surface area contributed by atoms with E-state index in [2.05, 4.69) is 47.5 Å². The number of rotatable bonds is 7. The maximum Gasteiger partial charge on any atom is 0.223 e. The Bertz CT molecular complexity index is 1340. The molecule has 0 aliphatic carbocycles. The standard InChI is InChI=1S/C29H33N5O2/c1-4-36-25-11-7-22(8-12-25)19-30-29(35)24-13-15-33(16-14-24)28-17-21(3)31-27-18-26(32-34(27)28)23-9-5-20(2)6-10-23/h5-12,17-18,24H,4,13-16,19H2,1-3H3,(H,30,35). The van der Waals surface area contributed by atoms with E-state index in [9.17, 15) is 4.79 Å². The van der Waals surface area contributed by atoms with Gasteiger partial charge in [0.05, 0.1) is 12.3 Å². The van der Waals surface area contributed by atoms with Crippen molar-refractivity contribution in [3.05, 3.63) is 77.5 Å². The van der Waals surface area contributed by atoms with Crippen LogP contribution in [0.4, 0.5) is 5.82 Å². The van der Waals surface area contributed by atoms with E-state index >= 15 is 0 Å². The number of hydrogen-bond donors (Lipinski definition) is 1. The van der Waals surface area contributed by atoms with Crippen LogP contribution in [0, 0.1) is 19.8 Å². The number of ether oxygens (including phenoxy) is 1. The maximum absolute atomic E-state index is 12.9. The highest BCUT2D eigenvalue weighted by atomic mass is 16.5. The van der Waals surface area contributed by atoms with Crippen molar-refractivity contribution in [3.8, 4) is 17.0 Å². The lowest BCUT2D eigenvalue weighted by molar-refractivity contribution is -0.125. The summed E-state index contributed by atoms with van der Waals surface area (Å²) in [5, 5.41) is 8.00. The monoisotopic (exact) mass is 483 g/mol. The number of aromatic nitrogens is 3. The third-order valence-corrected chi connectivity index (χ3v) is 6.77. The molecule has 36 heavy (non-hydrogen) atoms. The minimum absolute atomic E-state index is 0.0168. The summed E-state index contributed by atoms with van der Waals surface area (Å²) < 4.78 is 7.43. The Morgan fingerprint density at radius 3 is 2.44 bits per heavy atom. The van der Waals surface area contributed by atoms with Crippen LogP contribution in [0.15, 0.2) is 60.7 Å². The van der Waals surface area contributed by atoms with Crippen molar-refractivity contribution in [2.75, 3.05) is 24.6 Å². The molecule has 1 aliphatic rings. The molecule has 1 amide bonds. The fourth-order valence-corrected chi connectivity index (χ4v) is 4.75. The summed E-state index contributed by atoms with van der Waals surface area (Å²) in [6.07, 6.45) is 1.62. The molecule has 1 aliphatic heterocycles. The van der Waals surface area contributed by atoms with Gasteiger partial charge in [-0.15, -0.1) is 0 Å². The Morgan fingerprint density at radius 1 is 1.03 bits per heavy atom. The molecule has 2 aromatic carbocycles. The van der Waals surface area contributed by atoms with Crippen molar-refractivity contribution in [3.63, 3.8) is 0 Å². The smallest absolute Gasteiger partial charge is 0.223 e. The van der Waals surface area contributed by atoms with Gasteiger partial charge in [0.2, 0.25) is 5.91 Å². The molecule has 0 bridgehead atoms. The third kappa shape index (κ3) is 5.20. The number of benzene rings is 2. The number of amides is 1. The molecule has 0 atom stereocenters. The molecule has 0 spiro atoms. The largest absolute Gasteiger partial charge is 0.494 e. The second kappa shape index (κ2) is 10.4. The van der Waals surface area contributed by atoms with Crippen LogP contribution in [0.2, 0.25) is 0 Å². The molecule has 186 valence electrons. The Hall–Kier alpha value is -3.87. The summed E-state index contributed by atoms with van der Waals surface area (Å²) in [6, 6.07) is 20.4. The third-order valence-electron chi connectivity index (χ3n) is 6.77. The Labute approximate surface area is 212 Å². The SMILES string of the molecule is CCOc1ccc(CNC(=O)C2CCN(c3cc(C)nc4cc(-c5ccc(C)cc5)nn34)CC2)cc1. The molecule has 2 aromatic heterocycles. The Morgan fingerprint density at radius 2 is 1.75 bits per heavy atom. The second-order valence-electron chi connectivity index (χ2n) is 9.48. The highest BCUT2D eigenvalue weighted by molar-refractivity contribution is 5.79. The zero-order valence-corrected chi connectivity index (χ0v) is 21.2. The fraction of sp³-hybridized carbons (Fsp3) is 0.345.